The van der Waals surface area contributed by atoms with Crippen molar-refractivity contribution in [3.05, 3.63) is 0 Å². The first-order valence-corrected chi connectivity index (χ1v) is 11.8. The summed E-state index contributed by atoms with van der Waals surface area (Å²) in [5, 5.41) is 22.3. The van der Waals surface area contributed by atoms with E-state index in [4.69, 9.17) is 15.9 Å². The number of hydrogen-bond acceptors (Lipinski definition) is 6. The molecule has 6 N–H and O–H groups in total. The van der Waals surface area contributed by atoms with Gasteiger partial charge in [0.1, 0.15) is 18.6 Å². The molecule has 0 saturated carbocycles. The lowest BCUT2D eigenvalue weighted by Crippen LogP contribution is -2.49. The van der Waals surface area contributed by atoms with Crippen LogP contribution in [0.3, 0.4) is 0 Å². The maximum absolute atomic E-state index is 12.2. The number of nitrogens with one attached hydrogen (secondary N) is 2. The standard InChI is InChI=1S/C20H37N3O6S/c1-2-3-4-5-6-7-8-9-12-30-14-16(19(27)22-13-18(25)26)23-17(24)11-10-15(21)20(28)29/h15-16H,2-14,21H2,1H3,(H,22,27)(H,23,24)(H,25,26)(H,28,29)/t15-,16-/m0/s1. The average molecular weight is 448 g/mol. The highest BCUT2D eigenvalue weighted by atomic mass is 32.2. The zero-order chi connectivity index (χ0) is 22.8. The van der Waals surface area contributed by atoms with Crippen molar-refractivity contribution < 1.29 is 29.4 Å². The number of unbranched alkanes of at least 4 members (excludes halogenated alkanes) is 7. The first-order valence-electron chi connectivity index (χ1n) is 10.6. The average Bonchev–Trinajstić information content (AvgIpc) is 2.70. The summed E-state index contributed by atoms with van der Waals surface area (Å²) in [5.74, 6) is -2.27. The number of carbonyl (C=O) groups is 4. The smallest absolute Gasteiger partial charge is 0.322 e. The van der Waals surface area contributed by atoms with Gasteiger partial charge in [0.2, 0.25) is 11.8 Å². The van der Waals surface area contributed by atoms with Gasteiger partial charge in [-0.25, -0.2) is 0 Å². The van der Waals surface area contributed by atoms with Gasteiger partial charge in [0, 0.05) is 12.2 Å². The van der Waals surface area contributed by atoms with Crippen LogP contribution in [0.1, 0.15) is 71.1 Å². The van der Waals surface area contributed by atoms with E-state index in [0.717, 1.165) is 18.6 Å². The van der Waals surface area contributed by atoms with Crippen molar-refractivity contribution in [1.29, 1.82) is 0 Å². The highest BCUT2D eigenvalue weighted by Gasteiger charge is 2.22. The predicted octanol–water partition coefficient (Wildman–Crippen LogP) is 1.74. The zero-order valence-corrected chi connectivity index (χ0v) is 18.7. The summed E-state index contributed by atoms with van der Waals surface area (Å²) < 4.78 is 0. The SMILES string of the molecule is CCCCCCCCCCSC[C@H](NC(=O)CC[C@H](N)C(=O)O)C(=O)NCC(=O)O. The van der Waals surface area contributed by atoms with Gasteiger partial charge in [-0.1, -0.05) is 51.9 Å². The predicted molar refractivity (Wildman–Crippen MR) is 117 cm³/mol. The molecule has 0 aliphatic rings. The molecule has 0 aromatic heterocycles. The fourth-order valence-corrected chi connectivity index (χ4v) is 3.73. The maximum atomic E-state index is 12.2. The molecule has 0 spiro atoms. The third kappa shape index (κ3) is 16.0. The number of nitrogens with two attached hydrogens (primary N) is 1. The number of carbonyl (C=O) groups excluding carboxylic acids is 2. The molecule has 0 aliphatic heterocycles. The quantitative estimate of drug-likeness (QED) is 0.187. The van der Waals surface area contributed by atoms with E-state index < -0.39 is 42.4 Å². The van der Waals surface area contributed by atoms with E-state index in [1.807, 2.05) is 0 Å². The molecule has 174 valence electrons. The zero-order valence-electron chi connectivity index (χ0n) is 17.9. The fourth-order valence-electron chi connectivity index (χ4n) is 2.68. The summed E-state index contributed by atoms with van der Waals surface area (Å²) in [6.45, 7) is 1.66. The number of thioether (sulfide) groups is 1. The highest BCUT2D eigenvalue weighted by molar-refractivity contribution is 7.99. The van der Waals surface area contributed by atoms with Gasteiger partial charge < -0.3 is 26.6 Å². The molecule has 0 aromatic rings. The Bertz CT molecular complexity index is 533. The van der Waals surface area contributed by atoms with Crippen LogP contribution in [0.4, 0.5) is 0 Å². The van der Waals surface area contributed by atoms with Crippen molar-refractivity contribution in [2.75, 3.05) is 18.1 Å². The molecule has 0 aromatic carbocycles. The second-order valence-corrected chi connectivity index (χ2v) is 8.41. The van der Waals surface area contributed by atoms with Crippen LogP contribution in [0.15, 0.2) is 0 Å². The van der Waals surface area contributed by atoms with E-state index in [2.05, 4.69) is 17.6 Å². The third-order valence-corrected chi connectivity index (χ3v) is 5.64. The first kappa shape index (κ1) is 28.2. The van der Waals surface area contributed by atoms with Crippen molar-refractivity contribution in [3.63, 3.8) is 0 Å². The van der Waals surface area contributed by atoms with Gasteiger partial charge in [0.05, 0.1) is 0 Å². The maximum Gasteiger partial charge on any atom is 0.322 e. The summed E-state index contributed by atoms with van der Waals surface area (Å²) in [5.41, 5.74) is 5.38. The van der Waals surface area contributed by atoms with Crippen LogP contribution in [0.25, 0.3) is 0 Å². The van der Waals surface area contributed by atoms with Gasteiger partial charge in [-0.15, -0.1) is 0 Å². The number of aliphatic carboxylic acids is 2. The molecule has 0 saturated heterocycles. The molecular weight excluding hydrogens is 410 g/mol. The van der Waals surface area contributed by atoms with Crippen LogP contribution in [0.2, 0.25) is 0 Å². The Labute approximate surface area is 182 Å². The molecule has 0 heterocycles. The summed E-state index contributed by atoms with van der Waals surface area (Å²) in [7, 11) is 0. The number of amides is 2. The largest absolute Gasteiger partial charge is 0.480 e. The van der Waals surface area contributed by atoms with Crippen molar-refractivity contribution in [1.82, 2.24) is 10.6 Å². The van der Waals surface area contributed by atoms with E-state index in [0.29, 0.717) is 5.75 Å². The van der Waals surface area contributed by atoms with Crippen LogP contribution in [-0.2, 0) is 19.2 Å². The van der Waals surface area contributed by atoms with E-state index in [9.17, 15) is 19.2 Å². The Morgan fingerprint density at radius 3 is 2.13 bits per heavy atom. The molecule has 0 radical (unpaired) electrons. The number of hydrogen-bond donors (Lipinski definition) is 5. The minimum Gasteiger partial charge on any atom is -0.480 e. The van der Waals surface area contributed by atoms with Crippen molar-refractivity contribution in [2.24, 2.45) is 5.73 Å². The van der Waals surface area contributed by atoms with Gasteiger partial charge in [0.25, 0.3) is 0 Å². The second kappa shape index (κ2) is 18.0. The molecule has 0 bridgehead atoms. The Kier molecular flexibility index (Phi) is 16.9. The molecule has 10 heteroatoms. The molecule has 9 nitrogen and oxygen atoms in total. The van der Waals surface area contributed by atoms with Crippen molar-refractivity contribution in [3.8, 4) is 0 Å². The van der Waals surface area contributed by atoms with Crippen LogP contribution >= 0.6 is 11.8 Å². The minimum atomic E-state index is -1.19. The van der Waals surface area contributed by atoms with Crippen LogP contribution in [0.5, 0.6) is 0 Å². The van der Waals surface area contributed by atoms with Crippen LogP contribution < -0.4 is 16.4 Å². The molecule has 0 rings (SSSR count). The van der Waals surface area contributed by atoms with E-state index in [1.54, 1.807) is 0 Å². The van der Waals surface area contributed by atoms with Crippen molar-refractivity contribution in [2.45, 2.75) is 83.2 Å². The highest BCUT2D eigenvalue weighted by Crippen LogP contribution is 2.12. The third-order valence-electron chi connectivity index (χ3n) is 4.49. The van der Waals surface area contributed by atoms with Gasteiger partial charge >= 0.3 is 11.9 Å². The van der Waals surface area contributed by atoms with Crippen molar-refractivity contribution >= 4 is 35.5 Å². The molecule has 0 aliphatic carbocycles. The first-order chi connectivity index (χ1) is 14.3. The lowest BCUT2D eigenvalue weighted by Gasteiger charge is -2.18. The molecule has 0 unspecified atom stereocenters. The van der Waals surface area contributed by atoms with E-state index in [1.165, 1.54) is 50.3 Å². The van der Waals surface area contributed by atoms with Crippen LogP contribution in [-0.4, -0.2) is 64.1 Å². The number of rotatable bonds is 19. The summed E-state index contributed by atoms with van der Waals surface area (Å²) in [6.07, 6.45) is 9.47. The fraction of sp³-hybridized carbons (Fsp3) is 0.800. The Hall–Kier alpha value is -1.81. The van der Waals surface area contributed by atoms with Gasteiger partial charge in [0.15, 0.2) is 0 Å². The topological polar surface area (TPSA) is 159 Å². The summed E-state index contributed by atoms with van der Waals surface area (Å²) in [6, 6.07) is -2.02. The van der Waals surface area contributed by atoms with E-state index in [-0.39, 0.29) is 12.8 Å². The van der Waals surface area contributed by atoms with Gasteiger partial charge in [-0.05, 0) is 18.6 Å². The van der Waals surface area contributed by atoms with E-state index >= 15 is 0 Å². The Balaban J connectivity index is 4.27. The second-order valence-electron chi connectivity index (χ2n) is 7.26. The molecule has 2 atom stereocenters. The monoisotopic (exact) mass is 447 g/mol. The van der Waals surface area contributed by atoms with Gasteiger partial charge in [-0.3, -0.25) is 19.2 Å². The van der Waals surface area contributed by atoms with Gasteiger partial charge in [-0.2, -0.15) is 11.8 Å². The molecule has 0 fully saturated rings. The van der Waals surface area contributed by atoms with Crippen LogP contribution in [0, 0.1) is 0 Å². The molecular formula is C20H37N3O6S. The summed E-state index contributed by atoms with van der Waals surface area (Å²) in [4.78, 5) is 45.6. The number of carboxylic acids is 2. The lowest BCUT2D eigenvalue weighted by molar-refractivity contribution is -0.139. The normalized spacial score (nSPS) is 12.7. The molecule has 2 amide bonds. The lowest BCUT2D eigenvalue weighted by atomic mass is 10.1. The minimum absolute atomic E-state index is 0.0456. The Morgan fingerprint density at radius 1 is 0.967 bits per heavy atom. The Morgan fingerprint density at radius 2 is 1.57 bits per heavy atom. The molecule has 30 heavy (non-hydrogen) atoms. The summed E-state index contributed by atoms with van der Waals surface area (Å²) >= 11 is 1.53. The number of carboxylic acid groups (broad SMARTS) is 2.